The van der Waals surface area contributed by atoms with Gasteiger partial charge in [-0.15, -0.1) is 0 Å². The summed E-state index contributed by atoms with van der Waals surface area (Å²) in [6.07, 6.45) is 0. The van der Waals surface area contributed by atoms with E-state index >= 15 is 0 Å². The van der Waals surface area contributed by atoms with Gasteiger partial charge in [-0.2, -0.15) is 0 Å². The summed E-state index contributed by atoms with van der Waals surface area (Å²) in [6, 6.07) is 5.02. The number of amides is 2. The van der Waals surface area contributed by atoms with Crippen LogP contribution < -0.4 is 4.90 Å². The van der Waals surface area contributed by atoms with Gasteiger partial charge in [0.15, 0.2) is 0 Å². The zero-order chi connectivity index (χ0) is 14.9. The molecule has 1 aliphatic heterocycles. The van der Waals surface area contributed by atoms with Crippen molar-refractivity contribution >= 4 is 23.5 Å². The SMILES string of the molecule is CCN(CC)c1ccc2c(c1)C(=O)N(CC(=O)O)C2=O. The number of hydrogen-bond acceptors (Lipinski definition) is 4. The standard InChI is InChI=1S/C14H16N2O4/c1-3-15(4-2)9-5-6-10-11(7-9)14(20)16(13(10)19)8-12(17)18/h5-7H,3-4,8H2,1-2H3,(H,17,18). The van der Waals surface area contributed by atoms with Gasteiger partial charge in [-0.05, 0) is 32.0 Å². The highest BCUT2D eigenvalue weighted by Gasteiger charge is 2.36. The van der Waals surface area contributed by atoms with Gasteiger partial charge < -0.3 is 10.0 Å². The Bertz CT molecular complexity index is 579. The highest BCUT2D eigenvalue weighted by molar-refractivity contribution is 6.22. The maximum atomic E-state index is 12.1. The Morgan fingerprint density at radius 3 is 2.30 bits per heavy atom. The van der Waals surface area contributed by atoms with Crippen LogP contribution in [-0.2, 0) is 4.79 Å². The van der Waals surface area contributed by atoms with E-state index in [4.69, 9.17) is 5.11 Å². The molecule has 0 radical (unpaired) electrons. The smallest absolute Gasteiger partial charge is 0.323 e. The molecule has 0 fully saturated rings. The van der Waals surface area contributed by atoms with Crippen molar-refractivity contribution in [1.82, 2.24) is 4.90 Å². The number of rotatable bonds is 5. The Morgan fingerprint density at radius 1 is 1.15 bits per heavy atom. The molecule has 1 aromatic carbocycles. The molecule has 20 heavy (non-hydrogen) atoms. The molecule has 0 atom stereocenters. The third-order valence-electron chi connectivity index (χ3n) is 3.38. The molecule has 1 N–H and O–H groups in total. The second-order valence-corrected chi connectivity index (χ2v) is 4.49. The van der Waals surface area contributed by atoms with Crippen molar-refractivity contribution in [2.75, 3.05) is 24.5 Å². The molecule has 0 saturated carbocycles. The van der Waals surface area contributed by atoms with E-state index in [9.17, 15) is 14.4 Å². The van der Waals surface area contributed by atoms with Gasteiger partial charge in [0.2, 0.25) is 0 Å². The predicted octanol–water partition coefficient (Wildman–Crippen LogP) is 1.21. The van der Waals surface area contributed by atoms with Crippen LogP contribution in [0.1, 0.15) is 34.6 Å². The van der Waals surface area contributed by atoms with Crippen LogP contribution in [0, 0.1) is 0 Å². The summed E-state index contributed by atoms with van der Waals surface area (Å²) in [7, 11) is 0. The summed E-state index contributed by atoms with van der Waals surface area (Å²) in [5, 5.41) is 8.75. The minimum atomic E-state index is -1.21. The first-order valence-electron chi connectivity index (χ1n) is 6.46. The lowest BCUT2D eigenvalue weighted by molar-refractivity contribution is -0.137. The Labute approximate surface area is 116 Å². The fourth-order valence-electron chi connectivity index (χ4n) is 2.34. The number of aliphatic carboxylic acids is 1. The van der Waals surface area contributed by atoms with E-state index in [0.717, 1.165) is 23.7 Å². The molecule has 2 amide bonds. The van der Waals surface area contributed by atoms with Crippen LogP contribution in [0.5, 0.6) is 0 Å². The summed E-state index contributed by atoms with van der Waals surface area (Å²) >= 11 is 0. The van der Waals surface area contributed by atoms with Crippen LogP contribution in [0.25, 0.3) is 0 Å². The first-order chi connectivity index (χ1) is 9.49. The molecular formula is C14H16N2O4. The van der Waals surface area contributed by atoms with Crippen LogP contribution in [0.4, 0.5) is 5.69 Å². The molecule has 2 rings (SSSR count). The molecule has 0 unspecified atom stereocenters. The largest absolute Gasteiger partial charge is 0.480 e. The number of carboxylic acid groups (broad SMARTS) is 1. The predicted molar refractivity (Wildman–Crippen MR) is 73.0 cm³/mol. The number of fused-ring (bicyclic) bond motifs is 1. The van der Waals surface area contributed by atoms with Crippen LogP contribution >= 0.6 is 0 Å². The van der Waals surface area contributed by atoms with Gasteiger partial charge in [0.1, 0.15) is 6.54 Å². The Kier molecular flexibility index (Phi) is 3.74. The van der Waals surface area contributed by atoms with Gasteiger partial charge in [-0.3, -0.25) is 19.3 Å². The summed E-state index contributed by atoms with van der Waals surface area (Å²) in [4.78, 5) is 37.6. The van der Waals surface area contributed by atoms with Crippen molar-refractivity contribution in [3.63, 3.8) is 0 Å². The fourth-order valence-corrected chi connectivity index (χ4v) is 2.34. The minimum Gasteiger partial charge on any atom is -0.480 e. The molecule has 0 saturated heterocycles. The molecule has 1 heterocycles. The van der Waals surface area contributed by atoms with Crippen LogP contribution in [0.15, 0.2) is 18.2 Å². The number of imide groups is 1. The van der Waals surface area contributed by atoms with Crippen molar-refractivity contribution in [2.24, 2.45) is 0 Å². The Morgan fingerprint density at radius 2 is 1.75 bits per heavy atom. The van der Waals surface area contributed by atoms with Crippen molar-refractivity contribution < 1.29 is 19.5 Å². The van der Waals surface area contributed by atoms with Gasteiger partial charge >= 0.3 is 5.97 Å². The maximum absolute atomic E-state index is 12.1. The van der Waals surface area contributed by atoms with Gasteiger partial charge in [0.25, 0.3) is 11.8 Å². The number of carbonyl (C=O) groups is 3. The van der Waals surface area contributed by atoms with E-state index in [-0.39, 0.29) is 11.1 Å². The average Bonchev–Trinajstić information content (AvgIpc) is 2.65. The van der Waals surface area contributed by atoms with Gasteiger partial charge in [-0.1, -0.05) is 0 Å². The first kappa shape index (κ1) is 14.0. The van der Waals surface area contributed by atoms with Gasteiger partial charge in [0.05, 0.1) is 11.1 Å². The summed E-state index contributed by atoms with van der Waals surface area (Å²) in [5.41, 5.74) is 1.40. The van der Waals surface area contributed by atoms with E-state index in [1.165, 1.54) is 0 Å². The maximum Gasteiger partial charge on any atom is 0.323 e. The van der Waals surface area contributed by atoms with Crippen molar-refractivity contribution in [2.45, 2.75) is 13.8 Å². The highest BCUT2D eigenvalue weighted by Crippen LogP contribution is 2.27. The second kappa shape index (κ2) is 5.32. The minimum absolute atomic E-state index is 0.271. The molecule has 0 bridgehead atoms. The molecule has 6 heteroatoms. The molecule has 106 valence electrons. The quantitative estimate of drug-likeness (QED) is 0.818. The fraction of sp³-hybridized carbons (Fsp3) is 0.357. The van der Waals surface area contributed by atoms with E-state index < -0.39 is 24.3 Å². The van der Waals surface area contributed by atoms with E-state index in [1.54, 1.807) is 18.2 Å². The van der Waals surface area contributed by atoms with Crippen molar-refractivity contribution in [3.05, 3.63) is 29.3 Å². The summed E-state index contributed by atoms with van der Waals surface area (Å²) in [5.74, 6) is -2.29. The summed E-state index contributed by atoms with van der Waals surface area (Å²) < 4.78 is 0. The molecule has 1 aromatic rings. The third kappa shape index (κ3) is 2.24. The number of nitrogens with zero attached hydrogens (tertiary/aromatic N) is 2. The van der Waals surface area contributed by atoms with Gasteiger partial charge in [0, 0.05) is 18.8 Å². The molecule has 1 aliphatic rings. The summed E-state index contributed by atoms with van der Waals surface area (Å²) in [6.45, 7) is 4.97. The number of carbonyl (C=O) groups excluding carboxylic acids is 2. The van der Waals surface area contributed by atoms with Crippen LogP contribution in [-0.4, -0.2) is 47.4 Å². The number of anilines is 1. The Hall–Kier alpha value is -2.37. The van der Waals surface area contributed by atoms with E-state index in [1.807, 2.05) is 13.8 Å². The highest BCUT2D eigenvalue weighted by atomic mass is 16.4. The molecule has 0 aliphatic carbocycles. The normalized spacial score (nSPS) is 13.6. The first-order valence-corrected chi connectivity index (χ1v) is 6.46. The number of benzene rings is 1. The second-order valence-electron chi connectivity index (χ2n) is 4.49. The average molecular weight is 276 g/mol. The van der Waals surface area contributed by atoms with Crippen LogP contribution in [0.2, 0.25) is 0 Å². The van der Waals surface area contributed by atoms with Gasteiger partial charge in [-0.25, -0.2) is 0 Å². The third-order valence-corrected chi connectivity index (χ3v) is 3.38. The lowest BCUT2D eigenvalue weighted by Crippen LogP contribution is -2.34. The van der Waals surface area contributed by atoms with Crippen LogP contribution in [0.3, 0.4) is 0 Å². The monoisotopic (exact) mass is 276 g/mol. The molecular weight excluding hydrogens is 260 g/mol. The van der Waals surface area contributed by atoms with Crippen molar-refractivity contribution in [3.8, 4) is 0 Å². The lowest BCUT2D eigenvalue weighted by Gasteiger charge is -2.21. The number of hydrogen-bond donors (Lipinski definition) is 1. The Balaban J connectivity index is 2.38. The lowest BCUT2D eigenvalue weighted by atomic mass is 10.1. The molecule has 0 aromatic heterocycles. The molecule has 6 nitrogen and oxygen atoms in total. The van der Waals surface area contributed by atoms with Crippen molar-refractivity contribution in [1.29, 1.82) is 0 Å². The van der Waals surface area contributed by atoms with E-state index in [2.05, 4.69) is 4.90 Å². The zero-order valence-electron chi connectivity index (χ0n) is 11.4. The zero-order valence-corrected chi connectivity index (χ0v) is 11.4. The molecule has 0 spiro atoms. The topological polar surface area (TPSA) is 77.9 Å². The van der Waals surface area contributed by atoms with E-state index in [0.29, 0.717) is 0 Å². The number of carboxylic acids is 1.